The quantitative estimate of drug-likeness (QED) is 0.861. The van der Waals surface area contributed by atoms with Gasteiger partial charge in [0.15, 0.2) is 0 Å². The smallest absolute Gasteiger partial charge is 0.0326 e. The van der Waals surface area contributed by atoms with Crippen molar-refractivity contribution in [3.8, 4) is 0 Å². The summed E-state index contributed by atoms with van der Waals surface area (Å²) in [5.74, 6) is 0.845. The lowest BCUT2D eigenvalue weighted by molar-refractivity contribution is 0.0482. The normalized spacial score (nSPS) is 18.4. The van der Waals surface area contributed by atoms with Gasteiger partial charge in [0.2, 0.25) is 0 Å². The summed E-state index contributed by atoms with van der Waals surface area (Å²) in [6.45, 7) is 7.80. The first kappa shape index (κ1) is 15.5. The average Bonchev–Trinajstić information content (AvgIpc) is 2.52. The van der Waals surface area contributed by atoms with Gasteiger partial charge in [0.1, 0.15) is 0 Å². The Labute approximate surface area is 124 Å². The Hall–Kier alpha value is -0.860. The summed E-state index contributed by atoms with van der Waals surface area (Å²) in [5, 5.41) is 0. The minimum absolute atomic E-state index is 0.248. The van der Waals surface area contributed by atoms with Crippen molar-refractivity contribution in [1.29, 1.82) is 0 Å². The molecule has 0 spiro atoms. The van der Waals surface area contributed by atoms with Crippen molar-refractivity contribution in [3.63, 3.8) is 0 Å². The van der Waals surface area contributed by atoms with Crippen molar-refractivity contribution >= 4 is 0 Å². The molecule has 0 radical (unpaired) electrons. The predicted octanol–water partition coefficient (Wildman–Crippen LogP) is 3.46. The van der Waals surface area contributed by atoms with Gasteiger partial charge in [0.05, 0.1) is 0 Å². The van der Waals surface area contributed by atoms with E-state index in [1.807, 2.05) is 0 Å². The molecule has 2 rings (SSSR count). The van der Waals surface area contributed by atoms with Crippen LogP contribution in [0, 0.1) is 5.92 Å². The molecule has 0 aliphatic carbocycles. The zero-order chi connectivity index (χ0) is 14.4. The number of hydrogen-bond acceptors (Lipinski definition) is 2. The molecule has 1 saturated heterocycles. The highest BCUT2D eigenvalue weighted by Crippen LogP contribution is 2.30. The van der Waals surface area contributed by atoms with E-state index in [-0.39, 0.29) is 5.54 Å². The van der Waals surface area contributed by atoms with Crippen LogP contribution in [0.5, 0.6) is 0 Å². The molecule has 0 amide bonds. The fourth-order valence-electron chi connectivity index (χ4n) is 3.67. The van der Waals surface area contributed by atoms with Gasteiger partial charge in [-0.15, -0.1) is 0 Å². The molecule has 1 aromatic rings. The summed E-state index contributed by atoms with van der Waals surface area (Å²) in [6, 6.07) is 10.9. The second-order valence-corrected chi connectivity index (χ2v) is 6.26. The lowest BCUT2D eigenvalue weighted by Crippen LogP contribution is -2.55. The van der Waals surface area contributed by atoms with Gasteiger partial charge in [0.25, 0.3) is 0 Å². The molecule has 1 aliphatic rings. The Balaban J connectivity index is 1.89. The van der Waals surface area contributed by atoms with Crippen molar-refractivity contribution in [3.05, 3.63) is 35.9 Å². The van der Waals surface area contributed by atoms with Crippen molar-refractivity contribution in [2.24, 2.45) is 11.7 Å². The average molecular weight is 274 g/mol. The monoisotopic (exact) mass is 274 g/mol. The van der Waals surface area contributed by atoms with Crippen LogP contribution in [0.4, 0.5) is 0 Å². The highest BCUT2D eigenvalue weighted by atomic mass is 15.2. The summed E-state index contributed by atoms with van der Waals surface area (Å²) in [5.41, 5.74) is 7.81. The number of likely N-dealkylation sites (tertiary alicyclic amines) is 1. The van der Waals surface area contributed by atoms with Gasteiger partial charge in [0, 0.05) is 12.1 Å². The molecule has 0 atom stereocenters. The largest absolute Gasteiger partial charge is 0.329 e. The van der Waals surface area contributed by atoms with E-state index >= 15 is 0 Å². The van der Waals surface area contributed by atoms with E-state index in [0.717, 1.165) is 12.5 Å². The minimum atomic E-state index is 0.248. The zero-order valence-corrected chi connectivity index (χ0v) is 13.1. The molecule has 1 aliphatic heterocycles. The molecular weight excluding hydrogens is 244 g/mol. The van der Waals surface area contributed by atoms with Crippen LogP contribution in [0.25, 0.3) is 0 Å². The Kier molecular flexibility index (Phi) is 5.62. The molecule has 2 N–H and O–H groups in total. The van der Waals surface area contributed by atoms with Gasteiger partial charge < -0.3 is 5.73 Å². The Morgan fingerprint density at radius 1 is 1.10 bits per heavy atom. The highest BCUT2D eigenvalue weighted by Gasteiger charge is 2.34. The summed E-state index contributed by atoms with van der Waals surface area (Å²) in [6.07, 6.45) is 6.21. The van der Waals surface area contributed by atoms with Crippen LogP contribution in [0.1, 0.15) is 45.1 Å². The van der Waals surface area contributed by atoms with E-state index in [2.05, 4.69) is 49.1 Å². The summed E-state index contributed by atoms with van der Waals surface area (Å²) in [7, 11) is 0. The van der Waals surface area contributed by atoms with Gasteiger partial charge in [-0.3, -0.25) is 4.90 Å². The van der Waals surface area contributed by atoms with E-state index in [4.69, 9.17) is 5.73 Å². The third-order valence-electron chi connectivity index (χ3n) is 5.35. The topological polar surface area (TPSA) is 29.3 Å². The first-order valence-electron chi connectivity index (χ1n) is 8.23. The maximum absolute atomic E-state index is 6.08. The molecule has 112 valence electrons. The lowest BCUT2D eigenvalue weighted by Gasteiger charge is -2.46. The molecule has 0 saturated carbocycles. The minimum Gasteiger partial charge on any atom is -0.329 e. The van der Waals surface area contributed by atoms with Crippen LogP contribution in [0.15, 0.2) is 30.3 Å². The molecule has 2 heteroatoms. The van der Waals surface area contributed by atoms with Crippen molar-refractivity contribution in [2.75, 3.05) is 19.6 Å². The van der Waals surface area contributed by atoms with E-state index in [9.17, 15) is 0 Å². The Bertz CT molecular complexity index is 367. The molecule has 2 nitrogen and oxygen atoms in total. The Morgan fingerprint density at radius 2 is 1.70 bits per heavy atom. The summed E-state index contributed by atoms with van der Waals surface area (Å²) < 4.78 is 0. The Morgan fingerprint density at radius 3 is 2.20 bits per heavy atom. The molecule has 1 aromatic carbocycles. The second kappa shape index (κ2) is 7.24. The number of nitrogens with zero attached hydrogens (tertiary/aromatic N) is 1. The van der Waals surface area contributed by atoms with Crippen LogP contribution in [0.3, 0.4) is 0 Å². The van der Waals surface area contributed by atoms with Gasteiger partial charge >= 0.3 is 0 Å². The fourth-order valence-corrected chi connectivity index (χ4v) is 3.67. The summed E-state index contributed by atoms with van der Waals surface area (Å²) in [4.78, 5) is 2.66. The van der Waals surface area contributed by atoms with Crippen molar-refractivity contribution in [1.82, 2.24) is 4.90 Å². The van der Waals surface area contributed by atoms with E-state index in [1.54, 1.807) is 0 Å². The zero-order valence-electron chi connectivity index (χ0n) is 13.1. The maximum atomic E-state index is 6.08. The third-order valence-corrected chi connectivity index (χ3v) is 5.35. The van der Waals surface area contributed by atoms with Crippen LogP contribution < -0.4 is 5.73 Å². The van der Waals surface area contributed by atoms with Gasteiger partial charge in [-0.25, -0.2) is 0 Å². The first-order chi connectivity index (χ1) is 9.74. The van der Waals surface area contributed by atoms with Crippen LogP contribution in [0.2, 0.25) is 0 Å². The van der Waals surface area contributed by atoms with Crippen LogP contribution in [-0.2, 0) is 6.42 Å². The van der Waals surface area contributed by atoms with Crippen LogP contribution in [-0.4, -0.2) is 30.1 Å². The standard InChI is InChI=1S/C18H30N2/c1-3-18(4-2,15-19)20-12-10-17(11-13-20)14-16-8-6-5-7-9-16/h5-9,17H,3-4,10-15,19H2,1-2H3. The molecule has 0 aromatic heterocycles. The van der Waals surface area contributed by atoms with Gasteiger partial charge in [-0.05, 0) is 56.7 Å². The fraction of sp³-hybridized carbons (Fsp3) is 0.667. The molecular formula is C18H30N2. The van der Waals surface area contributed by atoms with Gasteiger partial charge in [-0.2, -0.15) is 0 Å². The lowest BCUT2D eigenvalue weighted by atomic mass is 9.84. The number of hydrogen-bond donors (Lipinski definition) is 1. The van der Waals surface area contributed by atoms with Crippen LogP contribution >= 0.6 is 0 Å². The molecule has 0 unspecified atom stereocenters. The molecule has 0 bridgehead atoms. The molecule has 1 heterocycles. The van der Waals surface area contributed by atoms with E-state index in [1.165, 1.54) is 50.8 Å². The summed E-state index contributed by atoms with van der Waals surface area (Å²) >= 11 is 0. The maximum Gasteiger partial charge on any atom is 0.0326 e. The van der Waals surface area contributed by atoms with E-state index < -0.39 is 0 Å². The third kappa shape index (κ3) is 3.42. The number of rotatable bonds is 6. The second-order valence-electron chi connectivity index (χ2n) is 6.26. The molecule has 1 fully saturated rings. The number of nitrogens with two attached hydrogens (primary N) is 1. The first-order valence-corrected chi connectivity index (χ1v) is 8.23. The SMILES string of the molecule is CCC(CC)(CN)N1CCC(Cc2ccccc2)CC1. The van der Waals surface area contributed by atoms with Gasteiger partial charge in [-0.1, -0.05) is 44.2 Å². The predicted molar refractivity (Wildman–Crippen MR) is 86.8 cm³/mol. The molecule has 20 heavy (non-hydrogen) atoms. The van der Waals surface area contributed by atoms with E-state index in [0.29, 0.717) is 0 Å². The number of benzene rings is 1. The number of piperidine rings is 1. The van der Waals surface area contributed by atoms with Crippen molar-refractivity contribution in [2.45, 2.75) is 51.5 Å². The highest BCUT2D eigenvalue weighted by molar-refractivity contribution is 5.15. The van der Waals surface area contributed by atoms with Crippen molar-refractivity contribution < 1.29 is 0 Å².